The van der Waals surface area contributed by atoms with Crippen LogP contribution in [0.15, 0.2) is 12.3 Å². The van der Waals surface area contributed by atoms with Gasteiger partial charge in [0, 0.05) is 23.5 Å². The van der Waals surface area contributed by atoms with E-state index >= 15 is 0 Å². The van der Waals surface area contributed by atoms with Crippen molar-refractivity contribution >= 4 is 44.3 Å². The van der Waals surface area contributed by atoms with Crippen LogP contribution in [0.4, 0.5) is 0 Å². The maximum absolute atomic E-state index is 11.3. The predicted molar refractivity (Wildman–Crippen MR) is 64.2 cm³/mol. The average Bonchev–Trinajstić information content (AvgIpc) is 2.17. The Labute approximate surface area is 99.4 Å². The Morgan fingerprint density at radius 1 is 1.69 bits per heavy atom. The highest BCUT2D eigenvalue weighted by Gasteiger charge is 2.06. The van der Waals surface area contributed by atoms with Crippen molar-refractivity contribution in [3.63, 3.8) is 0 Å². The fraction of sp³-hybridized carbons (Fsp3) is 0.333. The molecule has 0 N–H and O–H groups in total. The number of hydrogen-bond donors (Lipinski definition) is 0. The molecule has 70 valence electrons. The largest absolute Gasteiger partial charge is 0.294 e. The lowest BCUT2D eigenvalue weighted by molar-refractivity contribution is 0.0987. The first-order valence-electron chi connectivity index (χ1n) is 3.92. The van der Waals surface area contributed by atoms with Crippen LogP contribution in [-0.4, -0.2) is 10.8 Å². The number of rotatable bonds is 3. The van der Waals surface area contributed by atoms with Crippen LogP contribution >= 0.6 is 38.5 Å². The molecule has 0 aromatic carbocycles. The van der Waals surface area contributed by atoms with Crippen molar-refractivity contribution in [3.05, 3.63) is 27.1 Å². The van der Waals surface area contributed by atoms with Gasteiger partial charge in [0.1, 0.15) is 3.70 Å². The zero-order valence-corrected chi connectivity index (χ0v) is 10.9. The van der Waals surface area contributed by atoms with E-state index in [1.807, 2.05) is 13.0 Å². The number of ketones is 1. The highest BCUT2D eigenvalue weighted by molar-refractivity contribution is 14.1. The first-order valence-corrected chi connectivity index (χ1v) is 6.12. The second-order valence-corrected chi connectivity index (χ2v) is 4.17. The average molecular weight is 354 g/mol. The Morgan fingerprint density at radius 3 is 2.92 bits per heavy atom. The Hall–Kier alpha value is 0.0300. The zero-order valence-electron chi connectivity index (χ0n) is 7.18. The maximum atomic E-state index is 11.3. The summed E-state index contributed by atoms with van der Waals surface area (Å²) in [5.74, 6) is 0.145. The number of halogens is 2. The third kappa shape index (κ3) is 2.74. The normalized spacial score (nSPS) is 10.1. The number of hydrogen-bond acceptors (Lipinski definition) is 2. The first-order chi connectivity index (χ1) is 6.19. The molecule has 1 aromatic heterocycles. The van der Waals surface area contributed by atoms with Crippen molar-refractivity contribution in [2.24, 2.45) is 0 Å². The predicted octanol–water partition coefficient (Wildman–Crippen LogP) is 3.17. The molecular weight excluding hydrogens is 345 g/mol. The standard InChI is InChI=1S/C9H9BrINO/c1-2-8(13)7-3-6(4-10)9(11)12-5-7/h3,5H,2,4H2,1H3. The van der Waals surface area contributed by atoms with Gasteiger partial charge in [0.2, 0.25) is 0 Å². The number of carbonyl (C=O) groups is 1. The molecule has 1 rings (SSSR count). The fourth-order valence-electron chi connectivity index (χ4n) is 0.944. The summed E-state index contributed by atoms with van der Waals surface area (Å²) in [4.78, 5) is 15.5. The minimum atomic E-state index is 0.145. The van der Waals surface area contributed by atoms with Crippen molar-refractivity contribution in [1.82, 2.24) is 4.98 Å². The highest BCUT2D eigenvalue weighted by atomic mass is 127. The summed E-state index contributed by atoms with van der Waals surface area (Å²) in [5.41, 5.74) is 1.78. The number of carbonyl (C=O) groups excluding carboxylic acids is 1. The Kier molecular flexibility index (Phi) is 4.31. The molecule has 0 fully saturated rings. The molecule has 1 aromatic rings. The van der Waals surface area contributed by atoms with E-state index in [2.05, 4.69) is 43.5 Å². The van der Waals surface area contributed by atoms with Crippen molar-refractivity contribution in [2.45, 2.75) is 18.7 Å². The van der Waals surface area contributed by atoms with E-state index in [9.17, 15) is 4.79 Å². The molecule has 4 heteroatoms. The minimum Gasteiger partial charge on any atom is -0.294 e. The third-order valence-electron chi connectivity index (χ3n) is 1.70. The lowest BCUT2D eigenvalue weighted by Gasteiger charge is -2.02. The van der Waals surface area contributed by atoms with Crippen molar-refractivity contribution in [1.29, 1.82) is 0 Å². The summed E-state index contributed by atoms with van der Waals surface area (Å²) in [6, 6.07) is 1.90. The molecule has 0 atom stereocenters. The molecule has 0 spiro atoms. The number of pyridine rings is 1. The van der Waals surface area contributed by atoms with Gasteiger partial charge >= 0.3 is 0 Å². The Morgan fingerprint density at radius 2 is 2.38 bits per heavy atom. The zero-order chi connectivity index (χ0) is 9.84. The van der Waals surface area contributed by atoms with E-state index in [-0.39, 0.29) is 5.78 Å². The number of nitrogens with zero attached hydrogens (tertiary/aromatic N) is 1. The van der Waals surface area contributed by atoms with Crippen LogP contribution < -0.4 is 0 Å². The van der Waals surface area contributed by atoms with Gasteiger partial charge in [-0.05, 0) is 34.2 Å². The molecule has 13 heavy (non-hydrogen) atoms. The van der Waals surface area contributed by atoms with E-state index in [4.69, 9.17) is 0 Å². The molecule has 2 nitrogen and oxygen atoms in total. The topological polar surface area (TPSA) is 30.0 Å². The van der Waals surface area contributed by atoms with E-state index in [1.165, 1.54) is 0 Å². The van der Waals surface area contributed by atoms with E-state index in [0.717, 1.165) is 14.6 Å². The molecule has 0 saturated heterocycles. The van der Waals surface area contributed by atoms with E-state index in [1.54, 1.807) is 6.20 Å². The monoisotopic (exact) mass is 353 g/mol. The summed E-state index contributed by atoms with van der Waals surface area (Å²) < 4.78 is 0.946. The van der Waals surface area contributed by atoms with Crippen LogP contribution in [0.1, 0.15) is 29.3 Å². The Bertz CT molecular complexity index is 327. The minimum absolute atomic E-state index is 0.145. The Balaban J connectivity index is 3.06. The molecule has 0 unspecified atom stereocenters. The molecular formula is C9H9BrINO. The summed E-state index contributed by atoms with van der Waals surface area (Å²) in [6.45, 7) is 1.86. The smallest absolute Gasteiger partial charge is 0.164 e. The van der Waals surface area contributed by atoms with Crippen LogP contribution in [0.25, 0.3) is 0 Å². The molecule has 0 saturated carbocycles. The third-order valence-corrected chi connectivity index (χ3v) is 3.27. The van der Waals surface area contributed by atoms with Crippen LogP contribution in [0.5, 0.6) is 0 Å². The molecule has 0 aliphatic heterocycles. The van der Waals surface area contributed by atoms with Gasteiger partial charge in [0.15, 0.2) is 5.78 Å². The molecule has 0 amide bonds. The molecule has 0 aliphatic rings. The second-order valence-electron chi connectivity index (χ2n) is 2.58. The van der Waals surface area contributed by atoms with Gasteiger partial charge in [-0.25, -0.2) is 4.98 Å². The number of alkyl halides is 1. The van der Waals surface area contributed by atoms with Crippen LogP contribution in [0.3, 0.4) is 0 Å². The van der Waals surface area contributed by atoms with Crippen LogP contribution in [0, 0.1) is 3.70 Å². The van der Waals surface area contributed by atoms with Gasteiger partial charge in [-0.2, -0.15) is 0 Å². The van der Waals surface area contributed by atoms with Gasteiger partial charge in [0.25, 0.3) is 0 Å². The van der Waals surface area contributed by atoms with Crippen molar-refractivity contribution in [2.75, 3.05) is 0 Å². The number of Topliss-reactive ketones (excluding diaryl/α,β-unsaturated/α-hetero) is 1. The summed E-state index contributed by atoms with van der Waals surface area (Å²) in [7, 11) is 0. The van der Waals surface area contributed by atoms with Crippen molar-refractivity contribution < 1.29 is 4.79 Å². The molecule has 0 bridgehead atoms. The SMILES string of the molecule is CCC(=O)c1cnc(I)c(CBr)c1. The summed E-state index contributed by atoms with van der Waals surface area (Å²) in [6.07, 6.45) is 2.17. The lowest BCUT2D eigenvalue weighted by Crippen LogP contribution is -2.00. The molecule has 0 aliphatic carbocycles. The van der Waals surface area contributed by atoms with E-state index in [0.29, 0.717) is 12.0 Å². The highest BCUT2D eigenvalue weighted by Crippen LogP contribution is 2.15. The molecule has 0 radical (unpaired) electrons. The van der Waals surface area contributed by atoms with E-state index < -0.39 is 0 Å². The van der Waals surface area contributed by atoms with Crippen molar-refractivity contribution in [3.8, 4) is 0 Å². The van der Waals surface area contributed by atoms with Gasteiger partial charge in [-0.15, -0.1) is 0 Å². The van der Waals surface area contributed by atoms with Crippen LogP contribution in [0.2, 0.25) is 0 Å². The van der Waals surface area contributed by atoms with Crippen LogP contribution in [-0.2, 0) is 5.33 Å². The molecule has 1 heterocycles. The van der Waals surface area contributed by atoms with Gasteiger partial charge < -0.3 is 0 Å². The fourth-order valence-corrected chi connectivity index (χ4v) is 2.38. The first kappa shape index (κ1) is 11.1. The number of aromatic nitrogens is 1. The summed E-state index contributed by atoms with van der Waals surface area (Å²) in [5, 5.41) is 0.739. The quantitative estimate of drug-likeness (QED) is 0.361. The van der Waals surface area contributed by atoms with Gasteiger partial charge in [0.05, 0.1) is 0 Å². The maximum Gasteiger partial charge on any atom is 0.164 e. The van der Waals surface area contributed by atoms with Gasteiger partial charge in [-0.3, -0.25) is 4.79 Å². The van der Waals surface area contributed by atoms with Gasteiger partial charge in [-0.1, -0.05) is 22.9 Å². The summed E-state index contributed by atoms with van der Waals surface area (Å²) >= 11 is 5.52. The second kappa shape index (κ2) is 5.05. The lowest BCUT2D eigenvalue weighted by atomic mass is 10.1.